The number of halogens is 1. The molecule has 0 fully saturated rings. The van der Waals surface area contributed by atoms with Gasteiger partial charge in [0.2, 0.25) is 0 Å². The number of amidine groups is 1. The Kier molecular flexibility index (Phi) is 3.37. The second-order valence-corrected chi connectivity index (χ2v) is 4.34. The molecule has 0 unspecified atom stereocenters. The number of H-pyrrole nitrogens is 1. The number of nitriles is 1. The molecule has 0 saturated carbocycles. The van der Waals surface area contributed by atoms with Crippen LogP contribution in [0.3, 0.4) is 0 Å². The largest absolute Gasteiger partial charge is 0.409 e. The van der Waals surface area contributed by atoms with Crippen LogP contribution in [0.4, 0.5) is 10.1 Å². The average molecular weight is 296 g/mol. The summed E-state index contributed by atoms with van der Waals surface area (Å²) in [7, 11) is 0. The van der Waals surface area contributed by atoms with Crippen LogP contribution in [0, 0.1) is 17.1 Å². The molecule has 2 heterocycles. The average Bonchev–Trinajstić information content (AvgIpc) is 3.02. The van der Waals surface area contributed by atoms with Crippen LogP contribution in [-0.4, -0.2) is 26.0 Å². The molecule has 0 atom stereocenters. The van der Waals surface area contributed by atoms with Gasteiger partial charge in [0.15, 0.2) is 11.5 Å². The molecule has 3 N–H and O–H groups in total. The number of aromatic nitrogens is 3. The molecule has 3 aromatic rings. The van der Waals surface area contributed by atoms with Crippen molar-refractivity contribution in [1.82, 2.24) is 15.0 Å². The number of oxime groups is 1. The molecule has 0 aliphatic rings. The van der Waals surface area contributed by atoms with E-state index in [-0.39, 0.29) is 11.4 Å². The van der Waals surface area contributed by atoms with Gasteiger partial charge in [-0.25, -0.2) is 14.4 Å². The Balaban J connectivity index is 2.00. The highest BCUT2D eigenvalue weighted by Gasteiger charge is 2.12. The van der Waals surface area contributed by atoms with E-state index >= 15 is 0 Å². The van der Waals surface area contributed by atoms with Crippen molar-refractivity contribution in [3.8, 4) is 6.07 Å². The summed E-state index contributed by atoms with van der Waals surface area (Å²) in [4.78, 5) is 11.0. The molecule has 0 spiro atoms. The van der Waals surface area contributed by atoms with Gasteiger partial charge in [0.05, 0.1) is 17.4 Å². The molecule has 22 heavy (non-hydrogen) atoms. The summed E-state index contributed by atoms with van der Waals surface area (Å²) in [5.74, 6) is -0.498. The molecular formula is C14H9FN6O. The third-order valence-corrected chi connectivity index (χ3v) is 3.03. The highest BCUT2D eigenvalue weighted by molar-refractivity contribution is 6.13. The fourth-order valence-electron chi connectivity index (χ4n) is 2.02. The van der Waals surface area contributed by atoms with Crippen LogP contribution in [0.1, 0.15) is 11.1 Å². The highest BCUT2D eigenvalue weighted by atomic mass is 19.1. The molecule has 0 radical (unpaired) electrons. The minimum Gasteiger partial charge on any atom is -0.409 e. The lowest BCUT2D eigenvalue weighted by Gasteiger charge is -2.09. The third kappa shape index (κ3) is 2.31. The summed E-state index contributed by atoms with van der Waals surface area (Å²) >= 11 is 0. The lowest BCUT2D eigenvalue weighted by Crippen LogP contribution is -2.14. The molecule has 0 amide bonds. The molecule has 0 bridgehead atoms. The lowest BCUT2D eigenvalue weighted by molar-refractivity contribution is 0.319. The molecule has 0 saturated heterocycles. The minimum atomic E-state index is -0.615. The van der Waals surface area contributed by atoms with E-state index in [1.807, 2.05) is 0 Å². The molecule has 7 nitrogen and oxygen atoms in total. The second kappa shape index (κ2) is 5.49. The highest BCUT2D eigenvalue weighted by Crippen LogP contribution is 2.18. The van der Waals surface area contributed by atoms with Crippen LogP contribution in [-0.2, 0) is 0 Å². The predicted molar refractivity (Wildman–Crippen MR) is 76.9 cm³/mol. The molecular weight excluding hydrogens is 287 g/mol. The number of hydrogen-bond donors (Lipinski definition) is 3. The van der Waals surface area contributed by atoms with Crippen LogP contribution in [0.25, 0.3) is 11.2 Å². The summed E-state index contributed by atoms with van der Waals surface area (Å²) in [6, 6.07) is 7.31. The Morgan fingerprint density at radius 1 is 1.36 bits per heavy atom. The van der Waals surface area contributed by atoms with Gasteiger partial charge in [-0.3, -0.25) is 0 Å². The zero-order chi connectivity index (χ0) is 15.5. The number of pyridine rings is 1. The summed E-state index contributed by atoms with van der Waals surface area (Å²) in [5, 5.41) is 24.1. The van der Waals surface area contributed by atoms with Gasteiger partial charge in [-0.1, -0.05) is 5.16 Å². The normalized spacial score (nSPS) is 11.4. The van der Waals surface area contributed by atoms with Gasteiger partial charge in [0.1, 0.15) is 11.9 Å². The SMILES string of the molecule is N#Cc1cc(N/C(=N/O)c2ccnc3nc[nH]c23)ccc1F. The summed E-state index contributed by atoms with van der Waals surface area (Å²) < 4.78 is 13.3. The zero-order valence-corrected chi connectivity index (χ0v) is 11.1. The number of rotatable bonds is 2. The predicted octanol–water partition coefficient (Wildman–Crippen LogP) is 2.22. The van der Waals surface area contributed by atoms with E-state index in [1.165, 1.54) is 24.7 Å². The van der Waals surface area contributed by atoms with E-state index in [4.69, 9.17) is 5.26 Å². The van der Waals surface area contributed by atoms with Crippen LogP contribution in [0.15, 0.2) is 41.9 Å². The van der Waals surface area contributed by atoms with Gasteiger partial charge in [-0.2, -0.15) is 5.26 Å². The van der Waals surface area contributed by atoms with Gasteiger partial charge in [0.25, 0.3) is 0 Å². The maximum absolute atomic E-state index is 13.3. The second-order valence-electron chi connectivity index (χ2n) is 4.34. The van der Waals surface area contributed by atoms with E-state index in [1.54, 1.807) is 12.1 Å². The minimum absolute atomic E-state index is 0.108. The zero-order valence-electron chi connectivity index (χ0n) is 11.1. The first-order valence-electron chi connectivity index (χ1n) is 6.20. The van der Waals surface area contributed by atoms with Crippen LogP contribution < -0.4 is 5.32 Å². The summed E-state index contributed by atoms with van der Waals surface area (Å²) in [5.41, 5.74) is 1.90. The maximum Gasteiger partial charge on any atom is 0.179 e. The van der Waals surface area contributed by atoms with Crippen molar-refractivity contribution in [3.63, 3.8) is 0 Å². The van der Waals surface area contributed by atoms with Gasteiger partial charge in [-0.05, 0) is 24.3 Å². The van der Waals surface area contributed by atoms with Crippen molar-refractivity contribution in [2.24, 2.45) is 5.16 Å². The Hall–Kier alpha value is -3.47. The van der Waals surface area contributed by atoms with Crippen molar-refractivity contribution in [2.45, 2.75) is 0 Å². The molecule has 1 aromatic carbocycles. The van der Waals surface area contributed by atoms with Gasteiger partial charge in [-0.15, -0.1) is 0 Å². The van der Waals surface area contributed by atoms with Crippen LogP contribution in [0.5, 0.6) is 0 Å². The number of benzene rings is 1. The van der Waals surface area contributed by atoms with Crippen molar-refractivity contribution >= 4 is 22.7 Å². The lowest BCUT2D eigenvalue weighted by atomic mass is 10.1. The topological polar surface area (TPSA) is 110 Å². The quantitative estimate of drug-likeness (QED) is 0.291. The first-order valence-corrected chi connectivity index (χ1v) is 6.20. The third-order valence-electron chi connectivity index (χ3n) is 3.03. The molecule has 0 aliphatic carbocycles. The molecule has 0 aliphatic heterocycles. The number of hydrogen-bond acceptors (Lipinski definition) is 5. The van der Waals surface area contributed by atoms with Gasteiger partial charge >= 0.3 is 0 Å². The maximum atomic E-state index is 13.3. The summed E-state index contributed by atoms with van der Waals surface area (Å²) in [6.07, 6.45) is 3.00. The smallest absolute Gasteiger partial charge is 0.179 e. The van der Waals surface area contributed by atoms with Gasteiger partial charge in [0, 0.05) is 17.4 Å². The first-order chi connectivity index (χ1) is 10.7. The number of aromatic amines is 1. The Morgan fingerprint density at radius 2 is 2.23 bits per heavy atom. The van der Waals surface area contributed by atoms with E-state index in [0.717, 1.165) is 6.07 Å². The van der Waals surface area contributed by atoms with Crippen LogP contribution >= 0.6 is 0 Å². The first kappa shape index (κ1) is 13.5. The fraction of sp³-hybridized carbons (Fsp3) is 0. The Labute approximate surface area is 123 Å². The van der Waals surface area contributed by atoms with Crippen LogP contribution in [0.2, 0.25) is 0 Å². The summed E-state index contributed by atoms with van der Waals surface area (Å²) in [6.45, 7) is 0. The van der Waals surface area contributed by atoms with E-state index < -0.39 is 5.82 Å². The number of nitrogens with zero attached hydrogens (tertiary/aromatic N) is 4. The Bertz CT molecular complexity index is 911. The Morgan fingerprint density at radius 3 is 3.00 bits per heavy atom. The molecule has 108 valence electrons. The van der Waals surface area contributed by atoms with Crippen molar-refractivity contribution < 1.29 is 9.60 Å². The molecule has 2 aromatic heterocycles. The van der Waals surface area contributed by atoms with E-state index in [2.05, 4.69) is 25.4 Å². The number of imidazole rings is 1. The number of anilines is 1. The molecule has 3 rings (SSSR count). The number of fused-ring (bicyclic) bond motifs is 1. The van der Waals surface area contributed by atoms with E-state index in [0.29, 0.717) is 22.4 Å². The van der Waals surface area contributed by atoms with Crippen molar-refractivity contribution in [2.75, 3.05) is 5.32 Å². The fourth-order valence-corrected chi connectivity index (χ4v) is 2.02. The van der Waals surface area contributed by atoms with Crippen molar-refractivity contribution in [1.29, 1.82) is 5.26 Å². The molecule has 8 heteroatoms. The standard InChI is InChI=1S/C14H9FN6O/c15-11-2-1-9(5-8(11)6-16)20-13(21-22)10-3-4-17-14-12(10)18-7-19-14/h1-5,7,22H,(H,20,21)(H,17,18,19). The van der Waals surface area contributed by atoms with Gasteiger partial charge < -0.3 is 15.5 Å². The number of nitrogens with one attached hydrogen (secondary N) is 2. The van der Waals surface area contributed by atoms with Crippen molar-refractivity contribution in [3.05, 3.63) is 53.7 Å². The monoisotopic (exact) mass is 296 g/mol. The van der Waals surface area contributed by atoms with E-state index in [9.17, 15) is 9.60 Å².